The van der Waals surface area contributed by atoms with Crippen LogP contribution in [0.1, 0.15) is 41.5 Å². The number of anilines is 4. The lowest BCUT2D eigenvalue weighted by atomic mass is 10.4. The lowest BCUT2D eigenvalue weighted by Crippen LogP contribution is -2.17. The predicted molar refractivity (Wildman–Crippen MR) is 119 cm³/mol. The summed E-state index contributed by atoms with van der Waals surface area (Å²) in [6.07, 6.45) is 0. The van der Waals surface area contributed by atoms with Gasteiger partial charge >= 0.3 is 12.0 Å². The molecule has 0 saturated carbocycles. The summed E-state index contributed by atoms with van der Waals surface area (Å²) in [7, 11) is 3.06. The number of aromatic nitrogens is 6. The largest absolute Gasteiger partial charge is 0.467 e. The normalized spacial score (nSPS) is 10.2. The fourth-order valence-electron chi connectivity index (χ4n) is 2.02. The van der Waals surface area contributed by atoms with Crippen LogP contribution in [0, 0.1) is 0 Å². The van der Waals surface area contributed by atoms with Crippen molar-refractivity contribution >= 4 is 23.8 Å². The van der Waals surface area contributed by atoms with Gasteiger partial charge in [-0.2, -0.15) is 29.9 Å². The van der Waals surface area contributed by atoms with E-state index in [0.29, 0.717) is 35.8 Å². The first-order valence-corrected chi connectivity index (χ1v) is 9.92. The molecule has 12 nitrogen and oxygen atoms in total. The minimum Gasteiger partial charge on any atom is -0.467 e. The van der Waals surface area contributed by atoms with Crippen molar-refractivity contribution in [1.29, 1.82) is 0 Å². The molecule has 12 heteroatoms. The third-order valence-corrected chi connectivity index (χ3v) is 3.10. The Morgan fingerprint density at radius 2 is 0.933 bits per heavy atom. The molecule has 168 valence electrons. The number of rotatable bonds is 10. The summed E-state index contributed by atoms with van der Waals surface area (Å²) in [5.74, 6) is 2.08. The summed E-state index contributed by atoms with van der Waals surface area (Å²) >= 11 is 0. The van der Waals surface area contributed by atoms with Gasteiger partial charge in [-0.3, -0.25) is 0 Å². The van der Waals surface area contributed by atoms with E-state index in [2.05, 4.69) is 51.2 Å². The molecule has 0 saturated heterocycles. The maximum atomic E-state index is 5.02. The minimum atomic E-state index is 0.263. The molecule has 2 aromatic heterocycles. The maximum Gasteiger partial charge on any atom is 0.322 e. The Labute approximate surface area is 178 Å². The molecule has 2 heterocycles. The first-order chi connectivity index (χ1) is 14.3. The first kappa shape index (κ1) is 24.9. The Morgan fingerprint density at radius 1 is 0.600 bits per heavy atom. The molecule has 0 fully saturated rings. The highest BCUT2D eigenvalue weighted by atomic mass is 16.5. The molecular weight excluding hydrogens is 388 g/mol. The van der Waals surface area contributed by atoms with Crippen molar-refractivity contribution in [2.24, 2.45) is 0 Å². The zero-order valence-corrected chi connectivity index (χ0v) is 19.1. The van der Waals surface area contributed by atoms with Gasteiger partial charge in [0.2, 0.25) is 23.8 Å². The molecule has 0 radical (unpaired) electrons. The second-order valence-corrected chi connectivity index (χ2v) is 6.60. The second kappa shape index (κ2) is 13.1. The van der Waals surface area contributed by atoms with Gasteiger partial charge in [-0.05, 0) is 41.5 Å². The Bertz CT molecular complexity index is 705. The van der Waals surface area contributed by atoms with Gasteiger partial charge in [-0.25, -0.2) is 0 Å². The molecule has 0 aliphatic heterocycles. The van der Waals surface area contributed by atoms with Gasteiger partial charge in [0.05, 0.1) is 14.2 Å². The van der Waals surface area contributed by atoms with Gasteiger partial charge in [0.25, 0.3) is 0 Å². The lowest BCUT2D eigenvalue weighted by molar-refractivity contribution is 0.379. The van der Waals surface area contributed by atoms with E-state index in [0.717, 1.165) is 13.1 Å². The Hall–Kier alpha value is -3.18. The van der Waals surface area contributed by atoms with Crippen LogP contribution in [0.3, 0.4) is 0 Å². The van der Waals surface area contributed by atoms with Gasteiger partial charge in [0, 0.05) is 25.2 Å². The number of hydrogen-bond donors (Lipinski definition) is 4. The number of nitrogens with zero attached hydrogens (tertiary/aromatic N) is 6. The third-order valence-electron chi connectivity index (χ3n) is 3.10. The monoisotopic (exact) mass is 422 g/mol. The highest BCUT2D eigenvalue weighted by Gasteiger charge is 2.08. The van der Waals surface area contributed by atoms with Gasteiger partial charge in [0.1, 0.15) is 0 Å². The quantitative estimate of drug-likeness (QED) is 0.445. The molecule has 0 aliphatic carbocycles. The van der Waals surface area contributed by atoms with Crippen molar-refractivity contribution in [3.8, 4) is 12.0 Å². The molecule has 4 N–H and O–H groups in total. The van der Waals surface area contributed by atoms with Crippen molar-refractivity contribution in [3.05, 3.63) is 0 Å². The van der Waals surface area contributed by atoms with Crippen LogP contribution in [0.5, 0.6) is 12.0 Å². The zero-order valence-electron chi connectivity index (χ0n) is 19.1. The maximum absolute atomic E-state index is 5.02. The van der Waals surface area contributed by atoms with Crippen molar-refractivity contribution in [2.45, 2.75) is 53.6 Å². The van der Waals surface area contributed by atoms with Gasteiger partial charge in [-0.1, -0.05) is 0 Å². The Morgan fingerprint density at radius 3 is 1.23 bits per heavy atom. The summed E-state index contributed by atoms with van der Waals surface area (Å²) in [6.45, 7) is 13.6. The molecule has 0 bridgehead atoms. The fraction of sp³-hybridized carbons (Fsp3) is 0.667. The van der Waals surface area contributed by atoms with Crippen LogP contribution >= 0.6 is 0 Å². The van der Waals surface area contributed by atoms with E-state index < -0.39 is 0 Å². The highest BCUT2D eigenvalue weighted by molar-refractivity contribution is 5.37. The van der Waals surface area contributed by atoms with Crippen LogP contribution in [0.4, 0.5) is 23.8 Å². The molecule has 0 aliphatic rings. The van der Waals surface area contributed by atoms with E-state index in [-0.39, 0.29) is 12.1 Å². The van der Waals surface area contributed by atoms with Crippen molar-refractivity contribution in [3.63, 3.8) is 0 Å². The highest BCUT2D eigenvalue weighted by Crippen LogP contribution is 2.12. The molecule has 0 unspecified atom stereocenters. The van der Waals surface area contributed by atoms with Crippen LogP contribution in [-0.4, -0.2) is 69.3 Å². The Balaban J connectivity index is 0.000000303. The smallest absolute Gasteiger partial charge is 0.322 e. The number of methoxy groups -OCH3 is 2. The average Bonchev–Trinajstić information content (AvgIpc) is 2.67. The molecule has 0 aromatic carbocycles. The summed E-state index contributed by atoms with van der Waals surface area (Å²) in [5.41, 5.74) is 0. The number of hydrogen-bond acceptors (Lipinski definition) is 12. The van der Waals surface area contributed by atoms with E-state index >= 15 is 0 Å². The minimum absolute atomic E-state index is 0.263. The summed E-state index contributed by atoms with van der Waals surface area (Å²) in [6, 6.07) is 1.14. The van der Waals surface area contributed by atoms with Crippen LogP contribution < -0.4 is 30.7 Å². The summed E-state index contributed by atoms with van der Waals surface area (Å²) in [5, 5.41) is 12.2. The Kier molecular flexibility index (Phi) is 10.9. The molecule has 2 rings (SSSR count). The molecule has 2 aromatic rings. The SMILES string of the molecule is CCNc1nc(NCC)nc(OC)n1.COc1nc(NC(C)C)nc(NC(C)C)n1. The van der Waals surface area contributed by atoms with Crippen LogP contribution in [0.15, 0.2) is 0 Å². The number of ether oxygens (including phenoxy) is 2. The van der Waals surface area contributed by atoms with Crippen LogP contribution in [0.25, 0.3) is 0 Å². The average molecular weight is 423 g/mol. The van der Waals surface area contributed by atoms with Crippen molar-refractivity contribution in [2.75, 3.05) is 48.6 Å². The van der Waals surface area contributed by atoms with Crippen LogP contribution in [0.2, 0.25) is 0 Å². The van der Waals surface area contributed by atoms with E-state index in [1.54, 1.807) is 0 Å². The van der Waals surface area contributed by atoms with E-state index in [4.69, 9.17) is 9.47 Å². The van der Waals surface area contributed by atoms with Gasteiger partial charge in [-0.15, -0.1) is 0 Å². The summed E-state index contributed by atoms with van der Waals surface area (Å²) < 4.78 is 9.96. The molecular formula is C18H34N10O2. The van der Waals surface area contributed by atoms with Crippen molar-refractivity contribution in [1.82, 2.24) is 29.9 Å². The predicted octanol–water partition coefficient (Wildman–Crippen LogP) is 2.26. The van der Waals surface area contributed by atoms with Gasteiger partial charge in [0.15, 0.2) is 0 Å². The van der Waals surface area contributed by atoms with Crippen molar-refractivity contribution < 1.29 is 9.47 Å². The molecule has 0 atom stereocenters. The fourth-order valence-corrected chi connectivity index (χ4v) is 2.02. The topological polar surface area (TPSA) is 144 Å². The molecule has 30 heavy (non-hydrogen) atoms. The molecule has 0 spiro atoms. The zero-order chi connectivity index (χ0) is 22.5. The second-order valence-electron chi connectivity index (χ2n) is 6.60. The number of nitrogens with one attached hydrogen (secondary N) is 4. The standard InChI is InChI=1S/C10H19N5O.C8H15N5O/c1-6(2)11-8-13-9(12-7(3)4)15-10(14-8)16-5;1-4-9-6-11-7(10-5-2)13-8(12-6)14-3/h6-7H,1-5H3,(H2,11,12,13,14,15);4-5H2,1-3H3,(H2,9,10,11,12,13). The van der Waals surface area contributed by atoms with E-state index in [9.17, 15) is 0 Å². The van der Waals surface area contributed by atoms with Gasteiger partial charge < -0.3 is 30.7 Å². The third kappa shape index (κ3) is 9.34. The lowest BCUT2D eigenvalue weighted by Gasteiger charge is -2.12. The van der Waals surface area contributed by atoms with E-state index in [1.165, 1.54) is 14.2 Å². The molecule has 0 amide bonds. The van der Waals surface area contributed by atoms with Crippen LogP contribution in [-0.2, 0) is 0 Å². The first-order valence-electron chi connectivity index (χ1n) is 9.92. The van der Waals surface area contributed by atoms with E-state index in [1.807, 2.05) is 41.5 Å². The summed E-state index contributed by atoms with van der Waals surface area (Å²) in [4.78, 5) is 24.6.